The van der Waals surface area contributed by atoms with E-state index < -0.39 is 5.92 Å². The Hall–Kier alpha value is -0.990. The first-order chi connectivity index (χ1) is 5.11. The second-order valence-electron chi connectivity index (χ2n) is 2.93. The third kappa shape index (κ3) is 1.73. The van der Waals surface area contributed by atoms with Gasteiger partial charge < -0.3 is 0 Å². The molecule has 0 aromatic heterocycles. The van der Waals surface area contributed by atoms with Crippen molar-refractivity contribution in [2.24, 2.45) is 5.92 Å². The van der Waals surface area contributed by atoms with Crippen LogP contribution in [0.1, 0.15) is 26.2 Å². The number of hydrogen-bond acceptors (Lipinski definition) is 3. The van der Waals surface area contributed by atoms with Crippen molar-refractivity contribution in [3.05, 3.63) is 0 Å². The van der Waals surface area contributed by atoms with E-state index in [1.807, 2.05) is 0 Å². The van der Waals surface area contributed by atoms with Gasteiger partial charge in [0.1, 0.15) is 5.78 Å². The van der Waals surface area contributed by atoms with Gasteiger partial charge in [-0.25, -0.2) is 0 Å². The first kappa shape index (κ1) is 8.11. The minimum atomic E-state index is -0.391. The van der Waals surface area contributed by atoms with Crippen LogP contribution in [0.3, 0.4) is 0 Å². The third-order valence-electron chi connectivity index (χ3n) is 1.89. The van der Waals surface area contributed by atoms with Gasteiger partial charge in [0.15, 0.2) is 5.78 Å². The van der Waals surface area contributed by atoms with Crippen molar-refractivity contribution >= 4 is 17.3 Å². The van der Waals surface area contributed by atoms with Crippen molar-refractivity contribution in [2.75, 3.05) is 0 Å². The Labute approximate surface area is 64.8 Å². The largest absolute Gasteiger partial charge is 0.300 e. The van der Waals surface area contributed by atoms with Gasteiger partial charge in [0.25, 0.3) is 0 Å². The Morgan fingerprint density at radius 2 is 1.82 bits per heavy atom. The highest BCUT2D eigenvalue weighted by molar-refractivity contribution is 6.39. The topological polar surface area (TPSA) is 51.2 Å². The minimum Gasteiger partial charge on any atom is -0.300 e. The first-order valence-corrected chi connectivity index (χ1v) is 3.70. The summed E-state index contributed by atoms with van der Waals surface area (Å²) in [5, 5.41) is 0. The van der Waals surface area contributed by atoms with Crippen LogP contribution in [-0.4, -0.2) is 17.3 Å². The number of carbonyl (C=O) groups excluding carboxylic acids is 3. The molecule has 0 bridgehead atoms. The molecule has 0 aromatic carbocycles. The second-order valence-corrected chi connectivity index (χ2v) is 2.93. The van der Waals surface area contributed by atoms with Crippen molar-refractivity contribution in [2.45, 2.75) is 26.2 Å². The van der Waals surface area contributed by atoms with Crippen molar-refractivity contribution in [1.29, 1.82) is 0 Å². The zero-order valence-electron chi connectivity index (χ0n) is 6.42. The van der Waals surface area contributed by atoms with E-state index in [0.29, 0.717) is 0 Å². The Balaban J connectivity index is 2.76. The van der Waals surface area contributed by atoms with Crippen LogP contribution in [-0.2, 0) is 14.4 Å². The van der Waals surface area contributed by atoms with Crippen LogP contribution < -0.4 is 0 Å². The molecule has 1 aliphatic rings. The van der Waals surface area contributed by atoms with Crippen LogP contribution in [0.4, 0.5) is 0 Å². The molecule has 0 aliphatic heterocycles. The molecule has 1 fully saturated rings. The zero-order chi connectivity index (χ0) is 8.43. The summed E-state index contributed by atoms with van der Waals surface area (Å²) in [6.07, 6.45) is 0.599. The molecule has 1 atom stereocenters. The van der Waals surface area contributed by atoms with E-state index in [1.54, 1.807) is 6.92 Å². The Morgan fingerprint density at radius 1 is 1.18 bits per heavy atom. The summed E-state index contributed by atoms with van der Waals surface area (Å²) in [5.74, 6) is -1.13. The summed E-state index contributed by atoms with van der Waals surface area (Å²) in [6.45, 7) is 1.63. The maximum Gasteiger partial charge on any atom is 0.201 e. The fraction of sp³-hybridized carbons (Fsp3) is 0.625. The van der Waals surface area contributed by atoms with E-state index in [1.165, 1.54) is 0 Å². The quantitative estimate of drug-likeness (QED) is 0.377. The maximum atomic E-state index is 11.0. The number of ketones is 3. The van der Waals surface area contributed by atoms with Crippen molar-refractivity contribution < 1.29 is 14.4 Å². The smallest absolute Gasteiger partial charge is 0.201 e. The van der Waals surface area contributed by atoms with Gasteiger partial charge in [0.05, 0.1) is 0 Å². The molecule has 3 nitrogen and oxygen atoms in total. The highest BCUT2D eigenvalue weighted by Crippen LogP contribution is 2.14. The summed E-state index contributed by atoms with van der Waals surface area (Å²) in [5.41, 5.74) is 0. The number of Topliss-reactive ketones (excluding diaryl/α,β-unsaturated/α-hetero) is 3. The fourth-order valence-corrected chi connectivity index (χ4v) is 1.19. The number of rotatable bonds is 0. The van der Waals surface area contributed by atoms with E-state index in [0.717, 1.165) is 0 Å². The van der Waals surface area contributed by atoms with E-state index >= 15 is 0 Å². The standard InChI is InChI=1S/C8H10O3/c1-5-4-6(9)2-3-7(10)8(5)11/h5H,2-4H2,1H3. The molecule has 0 saturated heterocycles. The highest BCUT2D eigenvalue weighted by Gasteiger charge is 2.27. The average Bonchev–Trinajstić information content (AvgIpc) is 2.05. The van der Waals surface area contributed by atoms with E-state index in [9.17, 15) is 14.4 Å². The number of hydrogen-bond donors (Lipinski definition) is 0. The summed E-state index contributed by atoms with van der Waals surface area (Å²) in [6, 6.07) is 0. The molecule has 1 saturated carbocycles. The minimum absolute atomic E-state index is 0.0247. The average molecular weight is 154 g/mol. The van der Waals surface area contributed by atoms with Crippen LogP contribution in [0.5, 0.6) is 0 Å². The summed E-state index contributed by atoms with van der Waals surface area (Å²) in [7, 11) is 0. The molecule has 0 N–H and O–H groups in total. The predicted molar refractivity (Wildman–Crippen MR) is 38.0 cm³/mol. The van der Waals surface area contributed by atoms with Crippen LogP contribution in [0, 0.1) is 5.92 Å². The molecule has 0 radical (unpaired) electrons. The van der Waals surface area contributed by atoms with E-state index in [-0.39, 0.29) is 36.6 Å². The van der Waals surface area contributed by atoms with Crippen molar-refractivity contribution in [3.8, 4) is 0 Å². The molecular weight excluding hydrogens is 144 g/mol. The Morgan fingerprint density at radius 3 is 2.45 bits per heavy atom. The van der Waals surface area contributed by atoms with Crippen molar-refractivity contribution in [3.63, 3.8) is 0 Å². The molecule has 0 aromatic rings. The van der Waals surface area contributed by atoms with Crippen LogP contribution >= 0.6 is 0 Å². The molecule has 3 heteroatoms. The fourth-order valence-electron chi connectivity index (χ4n) is 1.19. The lowest BCUT2D eigenvalue weighted by atomic mass is 10.0. The van der Waals surface area contributed by atoms with Gasteiger partial charge in [0, 0.05) is 25.2 Å². The van der Waals surface area contributed by atoms with Gasteiger partial charge in [-0.3, -0.25) is 14.4 Å². The lowest BCUT2D eigenvalue weighted by molar-refractivity contribution is -0.138. The Bertz CT molecular complexity index is 217. The molecular formula is C8H10O3. The Kier molecular flexibility index (Phi) is 2.17. The van der Waals surface area contributed by atoms with Gasteiger partial charge in [0.2, 0.25) is 5.78 Å². The van der Waals surface area contributed by atoms with Gasteiger partial charge in [-0.05, 0) is 0 Å². The molecule has 1 unspecified atom stereocenters. The second kappa shape index (κ2) is 2.95. The van der Waals surface area contributed by atoms with Crippen LogP contribution in [0.25, 0.3) is 0 Å². The SMILES string of the molecule is CC1CC(=O)CCC(=O)C1=O. The van der Waals surface area contributed by atoms with E-state index in [2.05, 4.69) is 0 Å². The van der Waals surface area contributed by atoms with Crippen LogP contribution in [0.2, 0.25) is 0 Å². The summed E-state index contributed by atoms with van der Waals surface area (Å²) in [4.78, 5) is 32.7. The molecule has 1 rings (SSSR count). The molecule has 60 valence electrons. The maximum absolute atomic E-state index is 11.0. The number of carbonyl (C=O) groups is 3. The lowest BCUT2D eigenvalue weighted by Crippen LogP contribution is -2.19. The van der Waals surface area contributed by atoms with Gasteiger partial charge in [-0.2, -0.15) is 0 Å². The molecule has 0 heterocycles. The van der Waals surface area contributed by atoms with E-state index in [4.69, 9.17) is 0 Å². The van der Waals surface area contributed by atoms with Gasteiger partial charge >= 0.3 is 0 Å². The summed E-state index contributed by atoms with van der Waals surface area (Å²) >= 11 is 0. The zero-order valence-corrected chi connectivity index (χ0v) is 6.42. The van der Waals surface area contributed by atoms with Gasteiger partial charge in [-0.1, -0.05) is 6.92 Å². The highest BCUT2D eigenvalue weighted by atomic mass is 16.2. The van der Waals surface area contributed by atoms with Crippen molar-refractivity contribution in [1.82, 2.24) is 0 Å². The lowest BCUT2D eigenvalue weighted by Gasteiger charge is -2.00. The van der Waals surface area contributed by atoms with Gasteiger partial charge in [-0.15, -0.1) is 0 Å². The molecule has 0 amide bonds. The third-order valence-corrected chi connectivity index (χ3v) is 1.89. The monoisotopic (exact) mass is 154 g/mol. The first-order valence-electron chi connectivity index (χ1n) is 3.70. The summed E-state index contributed by atoms with van der Waals surface area (Å²) < 4.78 is 0. The normalized spacial score (nSPS) is 27.0. The van der Waals surface area contributed by atoms with Crippen LogP contribution in [0.15, 0.2) is 0 Å². The molecule has 11 heavy (non-hydrogen) atoms. The predicted octanol–water partition coefficient (Wildman–Crippen LogP) is 0.514. The molecule has 0 spiro atoms. The molecule has 1 aliphatic carbocycles.